The van der Waals surface area contributed by atoms with Gasteiger partial charge in [0.15, 0.2) is 0 Å². The highest BCUT2D eigenvalue weighted by atomic mass is 16.5. The van der Waals surface area contributed by atoms with Crippen LogP contribution in [-0.4, -0.2) is 56.3 Å². The molecule has 0 unspecified atom stereocenters. The van der Waals surface area contributed by atoms with E-state index in [9.17, 15) is 4.79 Å². The van der Waals surface area contributed by atoms with E-state index in [1.54, 1.807) is 7.11 Å². The van der Waals surface area contributed by atoms with E-state index in [2.05, 4.69) is 29.6 Å². The minimum atomic E-state index is -0.597. The van der Waals surface area contributed by atoms with Gasteiger partial charge in [0.25, 0.3) is 5.91 Å². The average Bonchev–Trinajstić information content (AvgIpc) is 2.74. The number of likely N-dealkylation sites (tertiary alicyclic amines) is 1. The second-order valence-electron chi connectivity index (χ2n) is 7.80. The Hall–Kier alpha value is -1.59. The van der Waals surface area contributed by atoms with Gasteiger partial charge in [0.2, 0.25) is 0 Å². The molecule has 0 spiro atoms. The molecule has 0 aliphatic carbocycles. The number of piperidine rings is 2. The topological polar surface area (TPSA) is 50.8 Å². The molecule has 2 aliphatic heterocycles. The van der Waals surface area contributed by atoms with Crippen LogP contribution in [0.4, 0.5) is 0 Å². The summed E-state index contributed by atoms with van der Waals surface area (Å²) < 4.78 is 11.2. The standard InChI is InChI=1S/C22H34N2O3/c1-3-27-20-8-6-18(7-9-20)4-5-19-10-16-24(17-11-19)21(25)22(26-2)12-14-23-15-13-22/h6-9,19,23H,3-5,10-17H2,1-2H3. The maximum atomic E-state index is 13.0. The van der Waals surface area contributed by atoms with Gasteiger partial charge < -0.3 is 19.7 Å². The summed E-state index contributed by atoms with van der Waals surface area (Å²) in [5.41, 5.74) is 0.769. The van der Waals surface area contributed by atoms with E-state index in [1.807, 2.05) is 11.8 Å². The molecule has 27 heavy (non-hydrogen) atoms. The Morgan fingerprint density at radius 2 is 1.85 bits per heavy atom. The van der Waals surface area contributed by atoms with Crippen LogP contribution in [0.25, 0.3) is 0 Å². The van der Waals surface area contributed by atoms with Gasteiger partial charge in [0, 0.05) is 20.2 Å². The van der Waals surface area contributed by atoms with Crippen molar-refractivity contribution in [1.29, 1.82) is 0 Å². The third-order valence-corrected chi connectivity index (χ3v) is 6.17. The number of benzene rings is 1. The monoisotopic (exact) mass is 374 g/mol. The van der Waals surface area contributed by atoms with Crippen LogP contribution in [0.1, 0.15) is 44.6 Å². The first kappa shape index (κ1) is 20.2. The molecule has 5 heteroatoms. The molecule has 1 amide bonds. The molecule has 0 aromatic heterocycles. The average molecular weight is 375 g/mol. The van der Waals surface area contributed by atoms with Crippen molar-refractivity contribution in [3.05, 3.63) is 29.8 Å². The number of nitrogens with one attached hydrogen (secondary N) is 1. The number of methoxy groups -OCH3 is 1. The van der Waals surface area contributed by atoms with Crippen molar-refractivity contribution < 1.29 is 14.3 Å². The predicted molar refractivity (Wildman–Crippen MR) is 107 cm³/mol. The first-order valence-electron chi connectivity index (χ1n) is 10.4. The fraction of sp³-hybridized carbons (Fsp3) is 0.682. The van der Waals surface area contributed by atoms with Crippen molar-refractivity contribution in [2.24, 2.45) is 5.92 Å². The third kappa shape index (κ3) is 5.02. The zero-order chi connectivity index (χ0) is 19.1. The molecule has 0 radical (unpaired) electrons. The second kappa shape index (κ2) is 9.56. The van der Waals surface area contributed by atoms with Gasteiger partial charge in [-0.05, 0) is 82.2 Å². The smallest absolute Gasteiger partial charge is 0.254 e. The number of rotatable bonds is 7. The number of amides is 1. The summed E-state index contributed by atoms with van der Waals surface area (Å²) in [4.78, 5) is 15.1. The molecular formula is C22H34N2O3. The number of carbonyl (C=O) groups excluding carboxylic acids is 1. The van der Waals surface area contributed by atoms with Gasteiger partial charge in [-0.2, -0.15) is 0 Å². The van der Waals surface area contributed by atoms with E-state index in [1.165, 1.54) is 12.0 Å². The normalized spacial score (nSPS) is 20.4. The molecule has 1 aromatic carbocycles. The largest absolute Gasteiger partial charge is 0.494 e. The van der Waals surface area contributed by atoms with Gasteiger partial charge in [-0.25, -0.2) is 0 Å². The van der Waals surface area contributed by atoms with E-state index >= 15 is 0 Å². The molecule has 0 bridgehead atoms. The van der Waals surface area contributed by atoms with E-state index in [-0.39, 0.29) is 5.91 Å². The summed E-state index contributed by atoms with van der Waals surface area (Å²) in [6.45, 7) is 6.16. The SMILES string of the molecule is CCOc1ccc(CCC2CCN(C(=O)C3(OC)CCNCC3)CC2)cc1. The highest BCUT2D eigenvalue weighted by Crippen LogP contribution is 2.29. The summed E-state index contributed by atoms with van der Waals surface area (Å²) in [6, 6.07) is 8.46. The van der Waals surface area contributed by atoms with Gasteiger partial charge >= 0.3 is 0 Å². The van der Waals surface area contributed by atoms with E-state index in [0.29, 0.717) is 12.5 Å². The summed E-state index contributed by atoms with van der Waals surface area (Å²) >= 11 is 0. The molecule has 2 heterocycles. The minimum Gasteiger partial charge on any atom is -0.494 e. The lowest BCUT2D eigenvalue weighted by molar-refractivity contribution is -0.159. The van der Waals surface area contributed by atoms with Gasteiger partial charge in [-0.3, -0.25) is 4.79 Å². The molecule has 150 valence electrons. The molecule has 0 atom stereocenters. The molecule has 2 aliphatic rings. The van der Waals surface area contributed by atoms with Crippen molar-refractivity contribution >= 4 is 5.91 Å². The van der Waals surface area contributed by atoms with Crippen LogP contribution < -0.4 is 10.1 Å². The number of hydrogen-bond donors (Lipinski definition) is 1. The van der Waals surface area contributed by atoms with E-state index < -0.39 is 5.60 Å². The van der Waals surface area contributed by atoms with Crippen LogP contribution in [-0.2, 0) is 16.0 Å². The zero-order valence-electron chi connectivity index (χ0n) is 16.8. The van der Waals surface area contributed by atoms with E-state index in [4.69, 9.17) is 9.47 Å². The van der Waals surface area contributed by atoms with Crippen LogP contribution in [0.5, 0.6) is 5.75 Å². The summed E-state index contributed by atoms with van der Waals surface area (Å²) in [5.74, 6) is 1.85. The maximum Gasteiger partial charge on any atom is 0.254 e. The zero-order valence-corrected chi connectivity index (χ0v) is 16.8. The van der Waals surface area contributed by atoms with Gasteiger partial charge in [0.1, 0.15) is 11.4 Å². The molecular weight excluding hydrogens is 340 g/mol. The lowest BCUT2D eigenvalue weighted by Crippen LogP contribution is -2.56. The fourth-order valence-electron chi connectivity index (χ4n) is 4.34. The first-order valence-corrected chi connectivity index (χ1v) is 10.4. The Labute approximate surface area is 163 Å². The van der Waals surface area contributed by atoms with Crippen molar-refractivity contribution in [1.82, 2.24) is 10.2 Å². The summed E-state index contributed by atoms with van der Waals surface area (Å²) in [6.07, 6.45) is 6.04. The molecule has 5 nitrogen and oxygen atoms in total. The molecule has 2 fully saturated rings. The van der Waals surface area contributed by atoms with Crippen molar-refractivity contribution in [3.63, 3.8) is 0 Å². The Kier molecular flexibility index (Phi) is 7.13. The Morgan fingerprint density at radius 1 is 1.19 bits per heavy atom. The maximum absolute atomic E-state index is 13.0. The van der Waals surface area contributed by atoms with Gasteiger partial charge in [0.05, 0.1) is 6.61 Å². The van der Waals surface area contributed by atoms with Gasteiger partial charge in [-0.15, -0.1) is 0 Å². The number of nitrogens with zero attached hydrogens (tertiary/aromatic N) is 1. The summed E-state index contributed by atoms with van der Waals surface area (Å²) in [5, 5.41) is 3.32. The Bertz CT molecular complexity index is 588. The predicted octanol–water partition coefficient (Wildman–Crippen LogP) is 3.03. The molecule has 2 saturated heterocycles. The fourth-order valence-corrected chi connectivity index (χ4v) is 4.34. The minimum absolute atomic E-state index is 0.205. The van der Waals surface area contributed by atoms with Crippen molar-refractivity contribution in [2.45, 2.75) is 51.0 Å². The number of hydrogen-bond acceptors (Lipinski definition) is 4. The quantitative estimate of drug-likeness (QED) is 0.797. The second-order valence-corrected chi connectivity index (χ2v) is 7.80. The lowest BCUT2D eigenvalue weighted by atomic mass is 9.87. The van der Waals surface area contributed by atoms with Crippen LogP contribution in [0.2, 0.25) is 0 Å². The van der Waals surface area contributed by atoms with Crippen LogP contribution in [0, 0.1) is 5.92 Å². The Balaban J connectivity index is 1.45. The lowest BCUT2D eigenvalue weighted by Gasteiger charge is -2.41. The number of aryl methyl sites for hydroxylation is 1. The van der Waals surface area contributed by atoms with Gasteiger partial charge in [-0.1, -0.05) is 12.1 Å². The number of ether oxygens (including phenoxy) is 2. The molecule has 1 aromatic rings. The molecule has 1 N–H and O–H groups in total. The Morgan fingerprint density at radius 3 is 2.44 bits per heavy atom. The summed E-state index contributed by atoms with van der Waals surface area (Å²) in [7, 11) is 1.69. The van der Waals surface area contributed by atoms with Crippen molar-refractivity contribution in [3.8, 4) is 5.75 Å². The highest BCUT2D eigenvalue weighted by Gasteiger charge is 2.43. The highest BCUT2D eigenvalue weighted by molar-refractivity contribution is 5.85. The van der Waals surface area contributed by atoms with Crippen LogP contribution in [0.3, 0.4) is 0 Å². The molecule has 0 saturated carbocycles. The van der Waals surface area contributed by atoms with Crippen molar-refractivity contribution in [2.75, 3.05) is 39.9 Å². The first-order chi connectivity index (χ1) is 13.2. The van der Waals surface area contributed by atoms with E-state index in [0.717, 1.165) is 64.0 Å². The number of carbonyl (C=O) groups is 1. The molecule has 3 rings (SSSR count). The van der Waals surface area contributed by atoms with Crippen LogP contribution in [0.15, 0.2) is 24.3 Å². The third-order valence-electron chi connectivity index (χ3n) is 6.17. The van der Waals surface area contributed by atoms with Crippen LogP contribution >= 0.6 is 0 Å².